The summed E-state index contributed by atoms with van der Waals surface area (Å²) in [7, 11) is 0. The molecule has 102 valence electrons. The molecule has 1 N–H and O–H groups in total. The molecule has 2 rings (SSSR count). The van der Waals surface area contributed by atoms with Crippen molar-refractivity contribution in [2.24, 2.45) is 11.8 Å². The Labute approximate surface area is 107 Å². The third-order valence-corrected chi connectivity index (χ3v) is 3.78. The van der Waals surface area contributed by atoms with Gasteiger partial charge in [0.2, 0.25) is 0 Å². The Bertz CT molecular complexity index is 360. The Morgan fingerprint density at radius 1 is 1.28 bits per heavy atom. The van der Waals surface area contributed by atoms with Crippen molar-refractivity contribution in [2.45, 2.75) is 51.7 Å². The van der Waals surface area contributed by atoms with E-state index in [1.165, 1.54) is 0 Å². The van der Waals surface area contributed by atoms with E-state index in [0.29, 0.717) is 6.54 Å². The highest BCUT2D eigenvalue weighted by atomic mass is 16.6. The molecule has 2 aliphatic rings. The second-order valence-corrected chi connectivity index (χ2v) is 6.24. The summed E-state index contributed by atoms with van der Waals surface area (Å²) in [5, 5.41) is 9.14. The maximum absolute atomic E-state index is 11.9. The number of hydrogen-bond donors (Lipinski definition) is 1. The van der Waals surface area contributed by atoms with Gasteiger partial charge in [-0.25, -0.2) is 4.79 Å². The highest BCUT2D eigenvalue weighted by Gasteiger charge is 2.50. The van der Waals surface area contributed by atoms with Crippen molar-refractivity contribution in [3.63, 3.8) is 0 Å². The molecule has 0 bridgehead atoms. The monoisotopic (exact) mass is 255 g/mol. The van der Waals surface area contributed by atoms with E-state index in [1.54, 1.807) is 4.90 Å². The Morgan fingerprint density at radius 3 is 2.50 bits per heavy atom. The van der Waals surface area contributed by atoms with Crippen LogP contribution in [-0.4, -0.2) is 40.3 Å². The fourth-order valence-corrected chi connectivity index (χ4v) is 2.94. The van der Waals surface area contributed by atoms with Crippen LogP contribution in [0.2, 0.25) is 0 Å². The number of carboxylic acids is 1. The van der Waals surface area contributed by atoms with E-state index in [4.69, 9.17) is 9.84 Å². The van der Waals surface area contributed by atoms with Crippen molar-refractivity contribution >= 4 is 12.1 Å². The van der Waals surface area contributed by atoms with Crippen LogP contribution in [0.3, 0.4) is 0 Å². The standard InChI is InChI=1S/C13H21NO4/c1-13(2,3)18-12(17)14-7-9-8(11(15)16)5-4-6-10(9)14/h8-10H,4-7H2,1-3H3,(H,15,16). The van der Waals surface area contributed by atoms with E-state index < -0.39 is 11.6 Å². The van der Waals surface area contributed by atoms with E-state index in [9.17, 15) is 9.59 Å². The first-order chi connectivity index (χ1) is 8.29. The lowest BCUT2D eigenvalue weighted by Gasteiger charge is -2.52. The van der Waals surface area contributed by atoms with Crippen molar-refractivity contribution < 1.29 is 19.4 Å². The molecule has 1 aliphatic carbocycles. The third kappa shape index (κ3) is 2.44. The maximum atomic E-state index is 11.9. The lowest BCUT2D eigenvalue weighted by atomic mass is 9.70. The van der Waals surface area contributed by atoms with Crippen molar-refractivity contribution in [3.05, 3.63) is 0 Å². The van der Waals surface area contributed by atoms with Crippen molar-refractivity contribution in [3.8, 4) is 0 Å². The quantitative estimate of drug-likeness (QED) is 0.779. The number of nitrogens with zero attached hydrogens (tertiary/aromatic N) is 1. The Morgan fingerprint density at radius 2 is 1.94 bits per heavy atom. The summed E-state index contributed by atoms with van der Waals surface area (Å²) in [5.74, 6) is -0.903. The van der Waals surface area contributed by atoms with E-state index >= 15 is 0 Å². The lowest BCUT2D eigenvalue weighted by Crippen LogP contribution is -2.63. The van der Waals surface area contributed by atoms with Gasteiger partial charge in [0.25, 0.3) is 0 Å². The molecule has 0 radical (unpaired) electrons. The van der Waals surface area contributed by atoms with Gasteiger partial charge in [0.1, 0.15) is 5.60 Å². The summed E-state index contributed by atoms with van der Waals surface area (Å²) < 4.78 is 5.33. The van der Waals surface area contributed by atoms with E-state index in [1.807, 2.05) is 20.8 Å². The van der Waals surface area contributed by atoms with Gasteiger partial charge in [-0.15, -0.1) is 0 Å². The molecule has 5 nitrogen and oxygen atoms in total. The molecule has 18 heavy (non-hydrogen) atoms. The van der Waals surface area contributed by atoms with Crippen molar-refractivity contribution in [1.82, 2.24) is 4.90 Å². The maximum Gasteiger partial charge on any atom is 0.410 e. The van der Waals surface area contributed by atoms with Gasteiger partial charge in [-0.2, -0.15) is 0 Å². The average Bonchev–Trinajstić information content (AvgIpc) is 2.16. The average molecular weight is 255 g/mol. The van der Waals surface area contributed by atoms with E-state index in [2.05, 4.69) is 0 Å². The van der Waals surface area contributed by atoms with Crippen LogP contribution in [0.25, 0.3) is 0 Å². The smallest absolute Gasteiger partial charge is 0.410 e. The van der Waals surface area contributed by atoms with Crippen LogP contribution in [0.15, 0.2) is 0 Å². The van der Waals surface area contributed by atoms with Crippen LogP contribution >= 0.6 is 0 Å². The molecular weight excluding hydrogens is 234 g/mol. The molecule has 1 saturated carbocycles. The highest BCUT2D eigenvalue weighted by molar-refractivity contribution is 5.73. The van der Waals surface area contributed by atoms with Crippen LogP contribution < -0.4 is 0 Å². The van der Waals surface area contributed by atoms with Crippen molar-refractivity contribution in [2.75, 3.05) is 6.54 Å². The second kappa shape index (κ2) is 4.44. The second-order valence-electron chi connectivity index (χ2n) is 6.24. The van der Waals surface area contributed by atoms with Crippen LogP contribution in [0, 0.1) is 11.8 Å². The molecular formula is C13H21NO4. The summed E-state index contributed by atoms with van der Waals surface area (Å²) in [6.45, 7) is 6.03. The Kier molecular flexibility index (Phi) is 3.25. The van der Waals surface area contributed by atoms with E-state index in [0.717, 1.165) is 19.3 Å². The molecule has 1 amide bonds. The number of fused-ring (bicyclic) bond motifs is 1. The van der Waals surface area contributed by atoms with Gasteiger partial charge in [-0.1, -0.05) is 6.42 Å². The summed E-state index contributed by atoms with van der Waals surface area (Å²) >= 11 is 0. The minimum atomic E-state index is -0.728. The number of ether oxygens (including phenoxy) is 1. The van der Waals surface area contributed by atoms with Gasteiger partial charge in [-0.3, -0.25) is 4.79 Å². The minimum Gasteiger partial charge on any atom is -0.481 e. The number of likely N-dealkylation sites (tertiary alicyclic amines) is 1. The SMILES string of the molecule is CC(C)(C)OC(=O)N1CC2C(C(=O)O)CCCC21. The van der Waals surface area contributed by atoms with Crippen molar-refractivity contribution in [1.29, 1.82) is 0 Å². The zero-order chi connectivity index (χ0) is 13.5. The fourth-order valence-electron chi connectivity index (χ4n) is 2.94. The van der Waals surface area contributed by atoms with Crippen LogP contribution in [0.5, 0.6) is 0 Å². The molecule has 0 aromatic carbocycles. The first-order valence-corrected chi connectivity index (χ1v) is 6.52. The molecule has 0 aromatic rings. The first kappa shape index (κ1) is 13.2. The highest BCUT2D eigenvalue weighted by Crippen LogP contribution is 2.41. The largest absolute Gasteiger partial charge is 0.481 e. The van der Waals surface area contributed by atoms with Gasteiger partial charge in [0, 0.05) is 18.5 Å². The molecule has 3 unspecified atom stereocenters. The predicted molar refractivity (Wildman–Crippen MR) is 65.2 cm³/mol. The molecule has 3 atom stereocenters. The topological polar surface area (TPSA) is 66.8 Å². The van der Waals surface area contributed by atoms with Crippen LogP contribution in [0.4, 0.5) is 4.79 Å². The molecule has 1 heterocycles. The van der Waals surface area contributed by atoms with Gasteiger partial charge < -0.3 is 14.7 Å². The summed E-state index contributed by atoms with van der Waals surface area (Å²) in [4.78, 5) is 24.7. The third-order valence-electron chi connectivity index (χ3n) is 3.78. The lowest BCUT2D eigenvalue weighted by molar-refractivity contribution is -0.152. The number of rotatable bonds is 1. The fraction of sp³-hybridized carbons (Fsp3) is 0.846. The number of carbonyl (C=O) groups is 2. The number of carbonyl (C=O) groups excluding carboxylic acids is 1. The van der Waals surface area contributed by atoms with Gasteiger partial charge >= 0.3 is 12.1 Å². The van der Waals surface area contributed by atoms with Crippen LogP contribution in [-0.2, 0) is 9.53 Å². The normalized spacial score (nSPS) is 31.3. The Balaban J connectivity index is 1.96. The molecule has 2 fully saturated rings. The zero-order valence-electron chi connectivity index (χ0n) is 11.2. The molecule has 1 aliphatic heterocycles. The molecule has 0 aromatic heterocycles. The Hall–Kier alpha value is -1.26. The summed E-state index contributed by atoms with van der Waals surface area (Å²) in [6, 6.07) is 0.0645. The molecule has 0 spiro atoms. The zero-order valence-corrected chi connectivity index (χ0v) is 11.2. The minimum absolute atomic E-state index is 0.0645. The first-order valence-electron chi connectivity index (χ1n) is 6.52. The number of amides is 1. The van der Waals surface area contributed by atoms with E-state index in [-0.39, 0.29) is 24.0 Å². The van der Waals surface area contributed by atoms with Gasteiger partial charge in [-0.05, 0) is 33.6 Å². The van der Waals surface area contributed by atoms with Gasteiger partial charge in [0.05, 0.1) is 5.92 Å². The number of hydrogen-bond acceptors (Lipinski definition) is 3. The molecule has 5 heteroatoms. The summed E-state index contributed by atoms with van der Waals surface area (Å²) in [6.07, 6.45) is 2.19. The predicted octanol–water partition coefficient (Wildman–Crippen LogP) is 2.11. The number of carboxylic acid groups (broad SMARTS) is 1. The number of aliphatic carboxylic acids is 1. The van der Waals surface area contributed by atoms with Crippen LogP contribution in [0.1, 0.15) is 40.0 Å². The van der Waals surface area contributed by atoms with Gasteiger partial charge in [0.15, 0.2) is 0 Å². The summed E-state index contributed by atoms with van der Waals surface area (Å²) in [5.41, 5.74) is -0.497. The molecule has 1 saturated heterocycles.